The molecule has 0 aliphatic heterocycles. The number of hydrogen-bond acceptors (Lipinski definition) is 9. The van der Waals surface area contributed by atoms with Gasteiger partial charge in [-0.25, -0.2) is 22.9 Å². The number of rotatable bonds is 11. The average molecular weight is 543 g/mol. The summed E-state index contributed by atoms with van der Waals surface area (Å²) in [5, 5.41) is 13.7. The van der Waals surface area contributed by atoms with E-state index in [4.69, 9.17) is 14.6 Å². The number of aromatic nitrogens is 1. The second kappa shape index (κ2) is 13.2. The molecule has 200 valence electrons. The number of ether oxygens (including phenoxy) is 2. The van der Waals surface area contributed by atoms with Crippen molar-refractivity contribution in [3.8, 4) is 11.6 Å². The summed E-state index contributed by atoms with van der Waals surface area (Å²) in [5.41, 5.74) is 0.901. The van der Waals surface area contributed by atoms with E-state index < -0.39 is 27.9 Å². The SMILES string of the molecule is COc1ccccc1CCNC(=O)c1cccc(S(=O)(=O)NC(=O)c2ccc(OC(=O)NCCO)nc2)c1. The van der Waals surface area contributed by atoms with E-state index in [9.17, 15) is 22.8 Å². The molecule has 3 amide bonds. The van der Waals surface area contributed by atoms with Crippen molar-refractivity contribution in [1.29, 1.82) is 0 Å². The van der Waals surface area contributed by atoms with Gasteiger partial charge in [-0.15, -0.1) is 0 Å². The van der Waals surface area contributed by atoms with E-state index in [1.54, 1.807) is 7.11 Å². The minimum Gasteiger partial charge on any atom is -0.496 e. The van der Waals surface area contributed by atoms with Crippen LogP contribution in [0.25, 0.3) is 0 Å². The number of aliphatic hydroxyl groups is 1. The molecule has 0 saturated carbocycles. The monoisotopic (exact) mass is 542 g/mol. The number of aliphatic hydroxyl groups excluding tert-OH is 1. The lowest BCUT2D eigenvalue weighted by Gasteiger charge is -2.11. The molecule has 0 atom stereocenters. The first-order valence-corrected chi connectivity index (χ1v) is 12.8. The van der Waals surface area contributed by atoms with Crippen molar-refractivity contribution in [1.82, 2.24) is 20.3 Å². The Bertz CT molecular complexity index is 1390. The van der Waals surface area contributed by atoms with Crippen LogP contribution in [0.5, 0.6) is 11.6 Å². The third-order valence-corrected chi connectivity index (χ3v) is 6.41. The summed E-state index contributed by atoms with van der Waals surface area (Å²) in [7, 11) is -2.76. The summed E-state index contributed by atoms with van der Waals surface area (Å²) in [6.45, 7) is 0.0132. The highest BCUT2D eigenvalue weighted by atomic mass is 32.2. The molecule has 0 fully saturated rings. The van der Waals surface area contributed by atoms with Gasteiger partial charge in [-0.2, -0.15) is 0 Å². The lowest BCUT2D eigenvalue weighted by molar-refractivity contribution is 0.0951. The van der Waals surface area contributed by atoms with Gasteiger partial charge in [0, 0.05) is 30.9 Å². The second-order valence-electron chi connectivity index (χ2n) is 7.71. The van der Waals surface area contributed by atoms with Gasteiger partial charge in [0.15, 0.2) is 0 Å². The molecule has 0 bridgehead atoms. The van der Waals surface area contributed by atoms with Crippen molar-refractivity contribution in [3.63, 3.8) is 0 Å². The first kappa shape index (κ1) is 28.1. The van der Waals surface area contributed by atoms with E-state index in [0.29, 0.717) is 18.7 Å². The van der Waals surface area contributed by atoms with Gasteiger partial charge < -0.3 is 25.2 Å². The Balaban J connectivity index is 1.60. The highest BCUT2D eigenvalue weighted by Gasteiger charge is 2.21. The van der Waals surface area contributed by atoms with Crippen molar-refractivity contribution < 1.29 is 37.4 Å². The quantitative estimate of drug-likeness (QED) is 0.278. The van der Waals surface area contributed by atoms with Crippen LogP contribution in [0.3, 0.4) is 0 Å². The molecule has 38 heavy (non-hydrogen) atoms. The topological polar surface area (TPSA) is 173 Å². The molecule has 1 aromatic heterocycles. The van der Waals surface area contributed by atoms with Gasteiger partial charge in [0.2, 0.25) is 5.88 Å². The predicted molar refractivity (Wildman–Crippen MR) is 135 cm³/mol. The van der Waals surface area contributed by atoms with E-state index in [1.165, 1.54) is 30.3 Å². The van der Waals surface area contributed by atoms with Crippen LogP contribution in [0, 0.1) is 0 Å². The number of para-hydroxylation sites is 1. The molecule has 0 unspecified atom stereocenters. The summed E-state index contributed by atoms with van der Waals surface area (Å²) in [6.07, 6.45) is 0.690. The minimum absolute atomic E-state index is 0.0110. The number of nitrogens with zero attached hydrogens (tertiary/aromatic N) is 1. The lowest BCUT2D eigenvalue weighted by atomic mass is 10.1. The van der Waals surface area contributed by atoms with Crippen LogP contribution in [-0.4, -0.2) is 63.2 Å². The number of pyridine rings is 1. The molecule has 13 heteroatoms. The molecule has 0 aliphatic rings. The Morgan fingerprint density at radius 2 is 1.71 bits per heavy atom. The Morgan fingerprint density at radius 3 is 2.42 bits per heavy atom. The number of methoxy groups -OCH3 is 1. The van der Waals surface area contributed by atoms with Gasteiger partial charge in [-0.3, -0.25) is 9.59 Å². The van der Waals surface area contributed by atoms with E-state index in [-0.39, 0.29) is 35.1 Å². The number of carbonyl (C=O) groups is 3. The molecule has 12 nitrogen and oxygen atoms in total. The fourth-order valence-corrected chi connectivity index (χ4v) is 4.25. The zero-order chi connectivity index (χ0) is 27.5. The van der Waals surface area contributed by atoms with Crippen LogP contribution in [0.1, 0.15) is 26.3 Å². The van der Waals surface area contributed by atoms with Crippen LogP contribution >= 0.6 is 0 Å². The van der Waals surface area contributed by atoms with E-state index in [1.807, 2.05) is 29.0 Å². The van der Waals surface area contributed by atoms with Gasteiger partial charge in [0.25, 0.3) is 21.8 Å². The number of benzene rings is 2. The Hall–Kier alpha value is -4.49. The van der Waals surface area contributed by atoms with Gasteiger partial charge in [0.1, 0.15) is 5.75 Å². The first-order valence-electron chi connectivity index (χ1n) is 11.3. The number of carbonyl (C=O) groups excluding carboxylic acids is 3. The number of sulfonamides is 1. The average Bonchev–Trinajstić information content (AvgIpc) is 2.92. The molecular formula is C25H26N4O8S. The maximum absolute atomic E-state index is 12.8. The van der Waals surface area contributed by atoms with Crippen LogP contribution < -0.4 is 24.8 Å². The predicted octanol–water partition coefficient (Wildman–Crippen LogP) is 1.26. The number of amides is 3. The van der Waals surface area contributed by atoms with Crippen LogP contribution in [0.15, 0.2) is 71.8 Å². The largest absolute Gasteiger partial charge is 0.496 e. The highest BCUT2D eigenvalue weighted by molar-refractivity contribution is 7.90. The van der Waals surface area contributed by atoms with Crippen molar-refractivity contribution in [2.24, 2.45) is 0 Å². The van der Waals surface area contributed by atoms with Crippen LogP contribution in [-0.2, 0) is 16.4 Å². The van der Waals surface area contributed by atoms with Gasteiger partial charge in [-0.1, -0.05) is 24.3 Å². The summed E-state index contributed by atoms with van der Waals surface area (Å²) in [5.74, 6) is -0.887. The normalized spacial score (nSPS) is 10.8. The van der Waals surface area contributed by atoms with Gasteiger partial charge in [0.05, 0.1) is 24.2 Å². The number of hydrogen-bond donors (Lipinski definition) is 4. The zero-order valence-corrected chi connectivity index (χ0v) is 21.2. The fraction of sp³-hybridized carbons (Fsp3) is 0.200. The lowest BCUT2D eigenvalue weighted by Crippen LogP contribution is -2.31. The van der Waals surface area contributed by atoms with Crippen LogP contribution in [0.4, 0.5) is 4.79 Å². The second-order valence-corrected chi connectivity index (χ2v) is 9.39. The van der Waals surface area contributed by atoms with Crippen molar-refractivity contribution in [3.05, 3.63) is 83.6 Å². The molecule has 3 aromatic rings. The van der Waals surface area contributed by atoms with Gasteiger partial charge >= 0.3 is 6.09 Å². The smallest absolute Gasteiger partial charge is 0.414 e. The molecular weight excluding hydrogens is 516 g/mol. The minimum atomic E-state index is -4.32. The van der Waals surface area contributed by atoms with Crippen molar-refractivity contribution >= 4 is 27.9 Å². The summed E-state index contributed by atoms with van der Waals surface area (Å²) < 4.78 is 37.6. The highest BCUT2D eigenvalue weighted by Crippen LogP contribution is 2.17. The van der Waals surface area contributed by atoms with E-state index in [2.05, 4.69) is 15.6 Å². The molecule has 2 aromatic carbocycles. The summed E-state index contributed by atoms with van der Waals surface area (Å²) >= 11 is 0. The Labute approximate surface area is 219 Å². The third-order valence-electron chi connectivity index (χ3n) is 5.08. The first-order chi connectivity index (χ1) is 18.2. The van der Waals surface area contributed by atoms with Gasteiger partial charge in [-0.05, 0) is 42.3 Å². The Morgan fingerprint density at radius 1 is 0.921 bits per heavy atom. The van der Waals surface area contributed by atoms with E-state index in [0.717, 1.165) is 17.8 Å². The molecule has 0 aliphatic carbocycles. The molecule has 0 radical (unpaired) electrons. The van der Waals surface area contributed by atoms with Crippen molar-refractivity contribution in [2.75, 3.05) is 26.8 Å². The third kappa shape index (κ3) is 7.75. The summed E-state index contributed by atoms with van der Waals surface area (Å²) in [6, 6.07) is 15.1. The molecule has 0 spiro atoms. The summed E-state index contributed by atoms with van der Waals surface area (Å²) in [4.78, 5) is 40.1. The maximum atomic E-state index is 12.8. The molecule has 0 saturated heterocycles. The standard InChI is InChI=1S/C25H26N4O8S/c1-36-21-8-3-2-5-17(21)11-12-26-23(31)18-6-4-7-20(15-18)38(34,35)29-24(32)19-9-10-22(28-16-19)37-25(33)27-13-14-30/h2-10,15-16,30H,11-14H2,1H3,(H,26,31)(H,27,33)(H,29,32). The fourth-order valence-electron chi connectivity index (χ4n) is 3.23. The van der Waals surface area contributed by atoms with E-state index >= 15 is 0 Å². The molecule has 3 rings (SSSR count). The number of nitrogens with one attached hydrogen (secondary N) is 3. The van der Waals surface area contributed by atoms with Crippen molar-refractivity contribution in [2.45, 2.75) is 11.3 Å². The molecule has 4 N–H and O–H groups in total. The van der Waals surface area contributed by atoms with Crippen LogP contribution in [0.2, 0.25) is 0 Å². The zero-order valence-electron chi connectivity index (χ0n) is 20.3. The maximum Gasteiger partial charge on any atom is 0.414 e. The molecule has 1 heterocycles. The Kier molecular flexibility index (Phi) is 9.73.